The highest BCUT2D eigenvalue weighted by molar-refractivity contribution is 5.86. The maximum atomic E-state index is 12.7. The van der Waals surface area contributed by atoms with E-state index in [0.717, 1.165) is 29.9 Å². The molecule has 1 aliphatic rings. The van der Waals surface area contributed by atoms with Crippen LogP contribution in [0.5, 0.6) is 0 Å². The van der Waals surface area contributed by atoms with Gasteiger partial charge in [0.05, 0.1) is 22.6 Å². The fourth-order valence-corrected chi connectivity index (χ4v) is 3.04. The van der Waals surface area contributed by atoms with Gasteiger partial charge in [-0.3, -0.25) is 9.69 Å². The highest BCUT2D eigenvalue weighted by atomic mass is 16.2. The Kier molecular flexibility index (Phi) is 3.91. The molecular weight excluding hydrogens is 276 g/mol. The average molecular weight is 300 g/mol. The lowest BCUT2D eigenvalue weighted by atomic mass is 10.0. The molecule has 0 bridgehead atoms. The summed E-state index contributed by atoms with van der Waals surface area (Å²) in [5, 5.41) is 3.10. The molecule has 1 aromatic heterocycles. The lowest BCUT2D eigenvalue weighted by Crippen LogP contribution is -2.54. The molecule has 22 heavy (non-hydrogen) atoms. The van der Waals surface area contributed by atoms with Gasteiger partial charge in [-0.05, 0) is 58.8 Å². The largest absolute Gasteiger partial charge is 0.345 e. The van der Waals surface area contributed by atoms with Crippen LogP contribution in [0.15, 0.2) is 24.3 Å². The SMILES string of the molecule is CC(NC(=O)C(C)(C)N1CCCC1)c1nc2ccccc2[nH]1. The number of fused-ring (bicyclic) bond motifs is 1. The molecule has 0 aliphatic carbocycles. The van der Waals surface area contributed by atoms with Crippen molar-refractivity contribution in [1.82, 2.24) is 20.2 Å². The van der Waals surface area contributed by atoms with E-state index in [9.17, 15) is 4.79 Å². The highest BCUT2D eigenvalue weighted by Crippen LogP contribution is 2.23. The van der Waals surface area contributed by atoms with Crippen molar-refractivity contribution in [2.75, 3.05) is 13.1 Å². The van der Waals surface area contributed by atoms with Gasteiger partial charge in [0.15, 0.2) is 0 Å². The molecule has 1 fully saturated rings. The van der Waals surface area contributed by atoms with Gasteiger partial charge < -0.3 is 10.3 Å². The van der Waals surface area contributed by atoms with Crippen LogP contribution in [0.1, 0.15) is 45.5 Å². The third-order valence-corrected chi connectivity index (χ3v) is 4.62. The number of amides is 1. The van der Waals surface area contributed by atoms with Crippen molar-refractivity contribution >= 4 is 16.9 Å². The van der Waals surface area contributed by atoms with E-state index in [1.165, 1.54) is 12.8 Å². The van der Waals surface area contributed by atoms with Gasteiger partial charge in [0.25, 0.3) is 0 Å². The Morgan fingerprint density at radius 3 is 2.68 bits per heavy atom. The van der Waals surface area contributed by atoms with Gasteiger partial charge in [-0.15, -0.1) is 0 Å². The molecule has 2 heterocycles. The van der Waals surface area contributed by atoms with Crippen LogP contribution in [0, 0.1) is 0 Å². The first kappa shape index (κ1) is 15.0. The fourth-order valence-electron chi connectivity index (χ4n) is 3.04. The Morgan fingerprint density at radius 2 is 2.00 bits per heavy atom. The Labute approximate surface area is 131 Å². The van der Waals surface area contributed by atoms with Gasteiger partial charge in [-0.1, -0.05) is 12.1 Å². The van der Waals surface area contributed by atoms with Crippen molar-refractivity contribution in [2.24, 2.45) is 0 Å². The highest BCUT2D eigenvalue weighted by Gasteiger charge is 2.36. The number of carbonyl (C=O) groups excluding carboxylic acids is 1. The lowest BCUT2D eigenvalue weighted by Gasteiger charge is -2.34. The van der Waals surface area contributed by atoms with E-state index in [2.05, 4.69) is 20.2 Å². The van der Waals surface area contributed by atoms with Crippen LogP contribution in [0.4, 0.5) is 0 Å². The number of hydrogen-bond acceptors (Lipinski definition) is 3. The molecule has 3 rings (SSSR count). The van der Waals surface area contributed by atoms with Crippen LogP contribution < -0.4 is 5.32 Å². The molecule has 0 saturated carbocycles. The molecular formula is C17H24N4O. The number of aromatic amines is 1. The molecule has 2 N–H and O–H groups in total. The van der Waals surface area contributed by atoms with Gasteiger partial charge >= 0.3 is 0 Å². The van der Waals surface area contributed by atoms with Crippen LogP contribution >= 0.6 is 0 Å². The summed E-state index contributed by atoms with van der Waals surface area (Å²) in [6.45, 7) is 7.96. The van der Waals surface area contributed by atoms with Crippen LogP contribution in [-0.4, -0.2) is 39.4 Å². The molecule has 1 aliphatic heterocycles. The summed E-state index contributed by atoms with van der Waals surface area (Å²) in [6.07, 6.45) is 2.35. The van der Waals surface area contributed by atoms with E-state index in [4.69, 9.17) is 0 Å². The minimum absolute atomic E-state index is 0.0577. The molecule has 1 aromatic carbocycles. The van der Waals surface area contributed by atoms with Crippen molar-refractivity contribution in [2.45, 2.75) is 45.2 Å². The standard InChI is InChI=1S/C17H24N4O/c1-12(15-19-13-8-4-5-9-14(13)20-15)18-16(22)17(2,3)21-10-6-7-11-21/h4-5,8-9,12H,6-7,10-11H2,1-3H3,(H,18,22)(H,19,20). The van der Waals surface area contributed by atoms with E-state index in [1.54, 1.807) is 0 Å². The number of para-hydroxylation sites is 2. The summed E-state index contributed by atoms with van der Waals surface area (Å²) >= 11 is 0. The zero-order valence-electron chi connectivity index (χ0n) is 13.5. The summed E-state index contributed by atoms with van der Waals surface area (Å²) in [5.41, 5.74) is 1.45. The van der Waals surface area contributed by atoms with E-state index < -0.39 is 5.54 Å². The van der Waals surface area contributed by atoms with Crippen molar-refractivity contribution in [3.63, 3.8) is 0 Å². The number of aromatic nitrogens is 2. The maximum Gasteiger partial charge on any atom is 0.240 e. The molecule has 1 atom stereocenters. The summed E-state index contributed by atoms with van der Waals surface area (Å²) in [4.78, 5) is 22.8. The number of nitrogens with zero attached hydrogens (tertiary/aromatic N) is 2. The molecule has 0 radical (unpaired) electrons. The minimum atomic E-state index is -0.475. The van der Waals surface area contributed by atoms with Gasteiger partial charge in [0.1, 0.15) is 5.82 Å². The maximum absolute atomic E-state index is 12.7. The number of carbonyl (C=O) groups is 1. The average Bonchev–Trinajstić information content (AvgIpc) is 3.16. The van der Waals surface area contributed by atoms with E-state index >= 15 is 0 Å². The number of nitrogens with one attached hydrogen (secondary N) is 2. The topological polar surface area (TPSA) is 61.0 Å². The molecule has 1 amide bonds. The van der Waals surface area contributed by atoms with E-state index in [0.29, 0.717) is 0 Å². The fraction of sp³-hybridized carbons (Fsp3) is 0.529. The quantitative estimate of drug-likeness (QED) is 0.912. The Bertz CT molecular complexity index is 637. The van der Waals surface area contributed by atoms with Crippen LogP contribution in [0.2, 0.25) is 0 Å². The molecule has 1 unspecified atom stereocenters. The number of likely N-dealkylation sites (tertiary alicyclic amines) is 1. The minimum Gasteiger partial charge on any atom is -0.345 e. The Balaban J connectivity index is 1.72. The summed E-state index contributed by atoms with van der Waals surface area (Å²) in [6, 6.07) is 7.77. The zero-order chi connectivity index (χ0) is 15.7. The summed E-state index contributed by atoms with van der Waals surface area (Å²) in [5.74, 6) is 0.856. The predicted molar refractivity (Wildman–Crippen MR) is 87.5 cm³/mol. The Morgan fingerprint density at radius 1 is 1.32 bits per heavy atom. The predicted octanol–water partition coefficient (Wildman–Crippen LogP) is 2.61. The normalized spacial score (nSPS) is 17.8. The molecule has 5 nitrogen and oxygen atoms in total. The monoisotopic (exact) mass is 300 g/mol. The van der Waals surface area contributed by atoms with Gasteiger partial charge in [-0.2, -0.15) is 0 Å². The first-order chi connectivity index (χ1) is 10.5. The first-order valence-corrected chi connectivity index (χ1v) is 7.99. The second-order valence-electron chi connectivity index (χ2n) is 6.59. The summed E-state index contributed by atoms with van der Waals surface area (Å²) < 4.78 is 0. The van der Waals surface area contributed by atoms with E-state index in [-0.39, 0.29) is 11.9 Å². The van der Waals surface area contributed by atoms with E-state index in [1.807, 2.05) is 45.0 Å². The second kappa shape index (κ2) is 5.72. The van der Waals surface area contributed by atoms with Gasteiger partial charge in [-0.25, -0.2) is 4.98 Å². The van der Waals surface area contributed by atoms with Crippen LogP contribution in [0.3, 0.4) is 0 Å². The number of rotatable bonds is 4. The van der Waals surface area contributed by atoms with Crippen molar-refractivity contribution in [1.29, 1.82) is 0 Å². The lowest BCUT2D eigenvalue weighted by molar-refractivity contribution is -0.131. The number of H-pyrrole nitrogens is 1. The van der Waals surface area contributed by atoms with Crippen molar-refractivity contribution in [3.05, 3.63) is 30.1 Å². The number of benzene rings is 1. The molecule has 1 saturated heterocycles. The van der Waals surface area contributed by atoms with Crippen molar-refractivity contribution in [3.8, 4) is 0 Å². The third-order valence-electron chi connectivity index (χ3n) is 4.62. The van der Waals surface area contributed by atoms with Gasteiger partial charge in [0.2, 0.25) is 5.91 Å². The van der Waals surface area contributed by atoms with Crippen molar-refractivity contribution < 1.29 is 4.79 Å². The molecule has 2 aromatic rings. The number of imidazole rings is 1. The first-order valence-electron chi connectivity index (χ1n) is 7.99. The smallest absolute Gasteiger partial charge is 0.240 e. The third kappa shape index (κ3) is 2.73. The molecule has 118 valence electrons. The second-order valence-corrected chi connectivity index (χ2v) is 6.59. The zero-order valence-corrected chi connectivity index (χ0v) is 13.5. The number of hydrogen-bond donors (Lipinski definition) is 2. The summed E-state index contributed by atoms with van der Waals surface area (Å²) in [7, 11) is 0. The Hall–Kier alpha value is -1.88. The molecule has 0 spiro atoms. The van der Waals surface area contributed by atoms with Crippen LogP contribution in [0.25, 0.3) is 11.0 Å². The van der Waals surface area contributed by atoms with Crippen LogP contribution in [-0.2, 0) is 4.79 Å². The molecule has 5 heteroatoms. The van der Waals surface area contributed by atoms with Gasteiger partial charge in [0, 0.05) is 0 Å².